The molecule has 0 radical (unpaired) electrons. The van der Waals surface area contributed by atoms with Gasteiger partial charge in [-0.15, -0.1) is 23.4 Å². The van der Waals surface area contributed by atoms with Crippen LogP contribution >= 0.6 is 0 Å². The molecule has 0 saturated heterocycles. The first-order chi connectivity index (χ1) is 17.2. The van der Waals surface area contributed by atoms with Crippen molar-refractivity contribution in [2.24, 2.45) is 0 Å². The number of benzene rings is 2. The molecule has 8 nitrogen and oxygen atoms in total. The quantitative estimate of drug-likeness (QED) is 0.267. The summed E-state index contributed by atoms with van der Waals surface area (Å²) < 4.78 is 81.7. The van der Waals surface area contributed by atoms with Crippen molar-refractivity contribution in [3.05, 3.63) is 84.6 Å². The lowest BCUT2D eigenvalue weighted by atomic mass is 10.1. The van der Waals surface area contributed by atoms with E-state index in [2.05, 4.69) is 25.1 Å². The van der Waals surface area contributed by atoms with Gasteiger partial charge in [0, 0.05) is 11.8 Å². The zero-order chi connectivity index (χ0) is 25.3. The first kappa shape index (κ1) is 23.4. The van der Waals surface area contributed by atoms with E-state index in [0.29, 0.717) is 16.7 Å². The molecule has 0 bridgehead atoms. The summed E-state index contributed by atoms with van der Waals surface area (Å²) in [6.45, 7) is -0.668. The number of ether oxygens (including phenoxy) is 2. The Kier molecular flexibility index (Phi) is 5.84. The monoisotopic (exact) mass is 503 g/mol. The summed E-state index contributed by atoms with van der Waals surface area (Å²) in [6, 6.07) is 16.7. The van der Waals surface area contributed by atoms with E-state index in [-0.39, 0.29) is 17.4 Å². The van der Waals surface area contributed by atoms with Crippen molar-refractivity contribution in [3.8, 4) is 28.3 Å². The lowest BCUT2D eigenvalue weighted by Gasteiger charge is -2.14. The summed E-state index contributed by atoms with van der Waals surface area (Å²) in [4.78, 5) is 4.05. The van der Waals surface area contributed by atoms with Crippen LogP contribution in [0.25, 0.3) is 28.2 Å². The molecule has 5 rings (SSSR count). The van der Waals surface area contributed by atoms with E-state index in [1.54, 1.807) is 36.4 Å². The average Bonchev–Trinajstić information content (AvgIpc) is 3.50. The Hall–Kier alpha value is -4.39. The number of halogens is 5. The molecule has 0 aliphatic heterocycles. The summed E-state index contributed by atoms with van der Waals surface area (Å²) in [6.07, 6.45) is -7.38. The van der Waals surface area contributed by atoms with Gasteiger partial charge in [0.1, 0.15) is 12.4 Å². The van der Waals surface area contributed by atoms with Gasteiger partial charge in [0.05, 0.1) is 0 Å². The molecule has 0 N–H and O–H groups in total. The topological polar surface area (TPSA) is 87.6 Å². The van der Waals surface area contributed by atoms with Crippen molar-refractivity contribution in [3.63, 3.8) is 0 Å². The third-order valence-corrected chi connectivity index (χ3v) is 4.96. The molecule has 0 aliphatic rings. The molecule has 5 aromatic rings. The highest BCUT2D eigenvalue weighted by atomic mass is 19.4. The van der Waals surface area contributed by atoms with E-state index in [9.17, 15) is 22.0 Å². The maximum absolute atomic E-state index is 14.9. The van der Waals surface area contributed by atoms with Crippen molar-refractivity contribution < 1.29 is 35.9 Å². The average molecular weight is 503 g/mol. The highest BCUT2D eigenvalue weighted by molar-refractivity contribution is 5.65. The van der Waals surface area contributed by atoms with Crippen LogP contribution in [-0.2, 0) is 17.5 Å². The fraction of sp³-hybridized carbons (Fsp3) is 0.130. The SMILES string of the molecule is FC(F)(F)Oc1ccc(-c2ccc3nnc(C(F)(F)OCc4noc(-c5ccccc5)n4)n3c2)cc1. The van der Waals surface area contributed by atoms with E-state index < -0.39 is 30.7 Å². The fourth-order valence-electron chi connectivity index (χ4n) is 3.34. The Morgan fingerprint density at radius 1 is 0.806 bits per heavy atom. The van der Waals surface area contributed by atoms with Gasteiger partial charge in [-0.05, 0) is 47.5 Å². The van der Waals surface area contributed by atoms with Gasteiger partial charge in [-0.3, -0.25) is 4.40 Å². The normalized spacial score (nSPS) is 12.2. The summed E-state index contributed by atoms with van der Waals surface area (Å²) in [5, 5.41) is 10.9. The van der Waals surface area contributed by atoms with Crippen LogP contribution in [0.15, 0.2) is 77.4 Å². The van der Waals surface area contributed by atoms with Gasteiger partial charge >= 0.3 is 12.5 Å². The van der Waals surface area contributed by atoms with Gasteiger partial charge < -0.3 is 14.0 Å². The molecule has 3 aromatic heterocycles. The molecule has 0 amide bonds. The Morgan fingerprint density at radius 3 is 2.25 bits per heavy atom. The summed E-state index contributed by atoms with van der Waals surface area (Å²) >= 11 is 0. The Bertz CT molecular complexity index is 1480. The summed E-state index contributed by atoms with van der Waals surface area (Å²) in [5.74, 6) is -1.15. The molecule has 3 heterocycles. The van der Waals surface area contributed by atoms with Crippen molar-refractivity contribution >= 4 is 5.65 Å². The van der Waals surface area contributed by atoms with Crippen LogP contribution in [-0.4, -0.2) is 31.1 Å². The second-order valence-electron chi connectivity index (χ2n) is 7.43. The van der Waals surface area contributed by atoms with E-state index in [4.69, 9.17) is 9.26 Å². The predicted molar refractivity (Wildman–Crippen MR) is 114 cm³/mol. The minimum absolute atomic E-state index is 0.0933. The first-order valence-corrected chi connectivity index (χ1v) is 10.3. The number of rotatable bonds is 7. The largest absolute Gasteiger partial charge is 0.573 e. The maximum Gasteiger partial charge on any atom is 0.573 e. The molecule has 0 spiro atoms. The third kappa shape index (κ3) is 5.00. The van der Waals surface area contributed by atoms with Crippen LogP contribution < -0.4 is 4.74 Å². The van der Waals surface area contributed by atoms with Crippen LogP contribution in [0.2, 0.25) is 0 Å². The molecule has 0 unspecified atom stereocenters. The standard InChI is InChI=1S/C23H14F5N5O3/c24-22(25,34-13-18-29-20(36-32-18)15-4-2-1-3-5-15)21-31-30-19-11-8-16(12-33(19)21)14-6-9-17(10-7-14)35-23(26,27)28/h1-12H,13H2. The second-order valence-corrected chi connectivity index (χ2v) is 7.43. The molecule has 0 saturated carbocycles. The Labute approximate surface area is 198 Å². The highest BCUT2D eigenvalue weighted by Crippen LogP contribution is 2.31. The minimum Gasteiger partial charge on any atom is -0.406 e. The van der Waals surface area contributed by atoms with Crippen molar-refractivity contribution in [2.75, 3.05) is 0 Å². The minimum atomic E-state index is -4.83. The van der Waals surface area contributed by atoms with Crippen LogP contribution in [0, 0.1) is 0 Å². The molecule has 0 fully saturated rings. The van der Waals surface area contributed by atoms with Gasteiger partial charge in [-0.25, -0.2) is 0 Å². The third-order valence-electron chi connectivity index (χ3n) is 4.96. The van der Waals surface area contributed by atoms with Crippen LogP contribution in [0.1, 0.15) is 11.6 Å². The number of pyridine rings is 1. The van der Waals surface area contributed by atoms with Crippen molar-refractivity contribution in [1.29, 1.82) is 0 Å². The van der Waals surface area contributed by atoms with Crippen molar-refractivity contribution in [2.45, 2.75) is 19.1 Å². The smallest absolute Gasteiger partial charge is 0.406 e. The molecule has 36 heavy (non-hydrogen) atoms. The van der Waals surface area contributed by atoms with E-state index >= 15 is 0 Å². The summed E-state index contributed by atoms with van der Waals surface area (Å²) in [7, 11) is 0. The number of fused-ring (bicyclic) bond motifs is 1. The van der Waals surface area contributed by atoms with Crippen LogP contribution in [0.5, 0.6) is 5.75 Å². The second kappa shape index (κ2) is 9.00. The Morgan fingerprint density at radius 2 is 1.53 bits per heavy atom. The zero-order valence-corrected chi connectivity index (χ0v) is 18.0. The predicted octanol–water partition coefficient (Wildman–Crippen LogP) is 5.61. The molecule has 184 valence electrons. The molecule has 0 aliphatic carbocycles. The molecule has 2 aromatic carbocycles. The molecular weight excluding hydrogens is 489 g/mol. The Balaban J connectivity index is 1.35. The van der Waals surface area contributed by atoms with Gasteiger partial charge in [-0.2, -0.15) is 13.8 Å². The molecule has 13 heteroatoms. The fourth-order valence-corrected chi connectivity index (χ4v) is 3.34. The van der Waals surface area contributed by atoms with Gasteiger partial charge in [0.2, 0.25) is 5.82 Å². The first-order valence-electron chi connectivity index (χ1n) is 10.3. The lowest BCUT2D eigenvalue weighted by molar-refractivity contribution is -0.274. The summed E-state index contributed by atoms with van der Waals surface area (Å²) in [5.41, 5.74) is 1.61. The molecular formula is C23H14F5N5O3. The number of hydrogen-bond donors (Lipinski definition) is 0. The number of hydrogen-bond acceptors (Lipinski definition) is 7. The van der Waals surface area contributed by atoms with Crippen molar-refractivity contribution in [1.82, 2.24) is 24.7 Å². The zero-order valence-electron chi connectivity index (χ0n) is 18.0. The number of alkyl halides is 5. The van der Waals surface area contributed by atoms with Gasteiger partial charge in [0.15, 0.2) is 11.5 Å². The van der Waals surface area contributed by atoms with E-state index in [1.165, 1.54) is 24.4 Å². The van der Waals surface area contributed by atoms with Crippen LogP contribution in [0.4, 0.5) is 22.0 Å². The number of nitrogens with zero attached hydrogens (tertiary/aromatic N) is 5. The van der Waals surface area contributed by atoms with E-state index in [0.717, 1.165) is 16.5 Å². The van der Waals surface area contributed by atoms with Gasteiger partial charge in [0.25, 0.3) is 5.89 Å². The number of aromatic nitrogens is 5. The molecule has 0 atom stereocenters. The highest BCUT2D eigenvalue weighted by Gasteiger charge is 2.39. The van der Waals surface area contributed by atoms with E-state index in [1.807, 2.05) is 0 Å². The lowest BCUT2D eigenvalue weighted by Crippen LogP contribution is -2.22. The van der Waals surface area contributed by atoms with Gasteiger partial charge in [-0.1, -0.05) is 35.5 Å². The maximum atomic E-state index is 14.9. The van der Waals surface area contributed by atoms with Crippen LogP contribution in [0.3, 0.4) is 0 Å².